The van der Waals surface area contributed by atoms with E-state index < -0.39 is 12.1 Å². The Morgan fingerprint density at radius 2 is 2.20 bits per heavy atom. The van der Waals surface area contributed by atoms with Crippen LogP contribution in [0.2, 0.25) is 0 Å². The van der Waals surface area contributed by atoms with E-state index in [0.29, 0.717) is 19.4 Å². The highest BCUT2D eigenvalue weighted by atomic mass is 19.4. The lowest BCUT2D eigenvalue weighted by Gasteiger charge is -2.35. The number of nitrogens with zero attached hydrogens (tertiary/aromatic N) is 2. The fraction of sp³-hybridized carbons (Fsp3) is 0.900. The Bertz CT molecular complexity index is 244. The summed E-state index contributed by atoms with van der Waals surface area (Å²) in [6.45, 7) is 2.42. The molecule has 1 fully saturated rings. The quantitative estimate of drug-likeness (QED) is 0.715. The SMILES string of the molecule is CCC(C#N)N1CCCC(C(F)(F)F)C1. The van der Waals surface area contributed by atoms with Crippen molar-refractivity contribution < 1.29 is 13.2 Å². The van der Waals surface area contributed by atoms with Crippen LogP contribution in [0.25, 0.3) is 0 Å². The van der Waals surface area contributed by atoms with Crippen LogP contribution in [0.5, 0.6) is 0 Å². The summed E-state index contributed by atoms with van der Waals surface area (Å²) in [6, 6.07) is 1.69. The summed E-state index contributed by atoms with van der Waals surface area (Å²) in [5, 5.41) is 8.79. The summed E-state index contributed by atoms with van der Waals surface area (Å²) < 4.78 is 37.4. The Hall–Kier alpha value is -0.760. The summed E-state index contributed by atoms with van der Waals surface area (Å²) in [5.74, 6) is -1.26. The first-order valence-electron chi connectivity index (χ1n) is 5.19. The predicted molar refractivity (Wildman–Crippen MR) is 50.0 cm³/mol. The Morgan fingerprint density at radius 3 is 2.67 bits per heavy atom. The van der Waals surface area contributed by atoms with Crippen molar-refractivity contribution in [3.05, 3.63) is 0 Å². The van der Waals surface area contributed by atoms with Gasteiger partial charge in [-0.15, -0.1) is 0 Å². The molecule has 15 heavy (non-hydrogen) atoms. The molecule has 0 amide bonds. The third kappa shape index (κ3) is 3.10. The molecule has 86 valence electrons. The molecule has 0 N–H and O–H groups in total. The molecule has 0 bridgehead atoms. The second kappa shape index (κ2) is 4.84. The number of halogens is 3. The molecule has 0 aromatic heterocycles. The molecule has 1 heterocycles. The highest BCUT2D eigenvalue weighted by Crippen LogP contribution is 2.33. The van der Waals surface area contributed by atoms with E-state index in [4.69, 9.17) is 5.26 Å². The minimum Gasteiger partial charge on any atom is -0.287 e. The summed E-state index contributed by atoms with van der Waals surface area (Å²) in [5.41, 5.74) is 0. The predicted octanol–water partition coefficient (Wildman–Crippen LogP) is 2.56. The molecule has 0 aromatic carbocycles. The molecular weight excluding hydrogens is 205 g/mol. The molecule has 2 atom stereocenters. The van der Waals surface area contributed by atoms with Crippen LogP contribution < -0.4 is 0 Å². The molecule has 1 saturated heterocycles. The van der Waals surface area contributed by atoms with Crippen molar-refractivity contribution in [3.8, 4) is 6.07 Å². The first-order chi connectivity index (χ1) is 6.99. The molecule has 2 unspecified atom stereocenters. The van der Waals surface area contributed by atoms with Crippen LogP contribution in [-0.2, 0) is 0 Å². The standard InChI is InChI=1S/C10H15F3N2/c1-2-9(6-14)15-5-3-4-8(7-15)10(11,12)13/h8-9H,2-5,7H2,1H3. The van der Waals surface area contributed by atoms with E-state index in [-0.39, 0.29) is 19.0 Å². The van der Waals surface area contributed by atoms with Gasteiger partial charge in [-0.25, -0.2) is 0 Å². The van der Waals surface area contributed by atoms with Gasteiger partial charge in [0, 0.05) is 6.54 Å². The highest BCUT2D eigenvalue weighted by Gasteiger charge is 2.42. The number of rotatable bonds is 2. The zero-order valence-corrected chi connectivity index (χ0v) is 8.72. The zero-order chi connectivity index (χ0) is 11.5. The van der Waals surface area contributed by atoms with Crippen molar-refractivity contribution in [2.75, 3.05) is 13.1 Å². The molecular formula is C10H15F3N2. The number of likely N-dealkylation sites (tertiary alicyclic amines) is 1. The normalized spacial score (nSPS) is 25.9. The van der Waals surface area contributed by atoms with E-state index in [9.17, 15) is 13.2 Å². The van der Waals surface area contributed by atoms with Crippen LogP contribution in [0.3, 0.4) is 0 Å². The van der Waals surface area contributed by atoms with Crippen molar-refractivity contribution in [2.45, 2.75) is 38.4 Å². The van der Waals surface area contributed by atoms with Gasteiger partial charge in [0.15, 0.2) is 0 Å². The second-order valence-corrected chi connectivity index (χ2v) is 3.93. The summed E-state index contributed by atoms with van der Waals surface area (Å²) in [6.07, 6.45) is -2.81. The Balaban J connectivity index is 2.60. The first kappa shape index (κ1) is 12.3. The third-order valence-corrected chi connectivity index (χ3v) is 2.89. The lowest BCUT2D eigenvalue weighted by Crippen LogP contribution is -2.45. The van der Waals surface area contributed by atoms with Crippen molar-refractivity contribution in [3.63, 3.8) is 0 Å². The number of alkyl halides is 3. The Labute approximate surface area is 87.7 Å². The van der Waals surface area contributed by atoms with Gasteiger partial charge in [-0.3, -0.25) is 4.90 Å². The molecule has 0 radical (unpaired) electrons. The largest absolute Gasteiger partial charge is 0.393 e. The molecule has 0 saturated carbocycles. The van der Waals surface area contributed by atoms with Crippen LogP contribution >= 0.6 is 0 Å². The van der Waals surface area contributed by atoms with E-state index in [2.05, 4.69) is 6.07 Å². The van der Waals surface area contributed by atoms with E-state index >= 15 is 0 Å². The maximum absolute atomic E-state index is 12.5. The first-order valence-corrected chi connectivity index (χ1v) is 5.19. The summed E-state index contributed by atoms with van der Waals surface area (Å²) in [4.78, 5) is 1.65. The fourth-order valence-electron chi connectivity index (χ4n) is 1.99. The lowest BCUT2D eigenvalue weighted by molar-refractivity contribution is -0.187. The van der Waals surface area contributed by atoms with Crippen molar-refractivity contribution >= 4 is 0 Å². The smallest absolute Gasteiger partial charge is 0.287 e. The number of hydrogen-bond donors (Lipinski definition) is 0. The molecule has 1 aliphatic heterocycles. The van der Waals surface area contributed by atoms with Crippen LogP contribution in [0.1, 0.15) is 26.2 Å². The average Bonchev–Trinajstić information content (AvgIpc) is 2.19. The molecule has 5 heteroatoms. The minimum atomic E-state index is -4.12. The van der Waals surface area contributed by atoms with Gasteiger partial charge in [0.25, 0.3) is 0 Å². The monoisotopic (exact) mass is 220 g/mol. The van der Waals surface area contributed by atoms with Gasteiger partial charge >= 0.3 is 6.18 Å². The number of nitriles is 1. The number of hydrogen-bond acceptors (Lipinski definition) is 2. The van der Waals surface area contributed by atoms with E-state index in [0.717, 1.165) is 0 Å². The molecule has 1 aliphatic rings. The molecule has 2 nitrogen and oxygen atoms in total. The van der Waals surface area contributed by atoms with Crippen molar-refractivity contribution in [1.29, 1.82) is 5.26 Å². The fourth-order valence-corrected chi connectivity index (χ4v) is 1.99. The van der Waals surface area contributed by atoms with Gasteiger partial charge in [-0.05, 0) is 25.8 Å². The van der Waals surface area contributed by atoms with Gasteiger partial charge in [0.05, 0.1) is 18.0 Å². The van der Waals surface area contributed by atoms with Gasteiger partial charge in [-0.2, -0.15) is 18.4 Å². The molecule has 0 aromatic rings. The van der Waals surface area contributed by atoms with Crippen LogP contribution in [-0.4, -0.2) is 30.2 Å². The highest BCUT2D eigenvalue weighted by molar-refractivity contribution is 4.93. The maximum Gasteiger partial charge on any atom is 0.393 e. The van der Waals surface area contributed by atoms with Gasteiger partial charge < -0.3 is 0 Å². The van der Waals surface area contributed by atoms with Crippen LogP contribution in [0, 0.1) is 17.2 Å². The molecule has 0 aliphatic carbocycles. The summed E-state index contributed by atoms with van der Waals surface area (Å²) >= 11 is 0. The molecule has 1 rings (SSSR count). The average molecular weight is 220 g/mol. The maximum atomic E-state index is 12.5. The van der Waals surface area contributed by atoms with Crippen LogP contribution in [0.4, 0.5) is 13.2 Å². The Morgan fingerprint density at radius 1 is 1.53 bits per heavy atom. The van der Waals surface area contributed by atoms with Crippen molar-refractivity contribution in [2.24, 2.45) is 5.92 Å². The zero-order valence-electron chi connectivity index (χ0n) is 8.72. The van der Waals surface area contributed by atoms with E-state index in [1.807, 2.05) is 6.92 Å². The Kier molecular flexibility index (Phi) is 3.97. The van der Waals surface area contributed by atoms with Gasteiger partial charge in [-0.1, -0.05) is 6.92 Å². The third-order valence-electron chi connectivity index (χ3n) is 2.89. The minimum absolute atomic E-state index is 0.0183. The van der Waals surface area contributed by atoms with Gasteiger partial charge in [0.2, 0.25) is 0 Å². The van der Waals surface area contributed by atoms with Crippen molar-refractivity contribution in [1.82, 2.24) is 4.90 Å². The topological polar surface area (TPSA) is 27.0 Å². The van der Waals surface area contributed by atoms with E-state index in [1.165, 1.54) is 0 Å². The van der Waals surface area contributed by atoms with Crippen LogP contribution in [0.15, 0.2) is 0 Å². The second-order valence-electron chi connectivity index (χ2n) is 3.93. The molecule has 0 spiro atoms. The summed E-state index contributed by atoms with van der Waals surface area (Å²) in [7, 11) is 0. The van der Waals surface area contributed by atoms with E-state index in [1.54, 1.807) is 4.90 Å². The number of piperidine rings is 1. The lowest BCUT2D eigenvalue weighted by atomic mass is 9.96. The van der Waals surface area contributed by atoms with Gasteiger partial charge in [0.1, 0.15) is 0 Å².